The Hall–Kier alpha value is -4.53. The molecule has 5 rings (SSSR count). The summed E-state index contributed by atoms with van der Waals surface area (Å²) >= 11 is 0. The smallest absolute Gasteiger partial charge is 0.247 e. The zero-order valence-electron chi connectivity index (χ0n) is 22.7. The predicted molar refractivity (Wildman–Crippen MR) is 154 cm³/mol. The van der Waals surface area contributed by atoms with Crippen LogP contribution in [-0.2, 0) is 22.7 Å². The predicted octanol–water partition coefficient (Wildman–Crippen LogP) is 5.03. The summed E-state index contributed by atoms with van der Waals surface area (Å²) in [4.78, 5) is 31.5. The van der Waals surface area contributed by atoms with Gasteiger partial charge in [-0.25, -0.2) is 9.07 Å². The molecule has 206 valence electrons. The highest BCUT2D eigenvalue weighted by molar-refractivity contribution is 5.97. The van der Waals surface area contributed by atoms with Gasteiger partial charge in [-0.1, -0.05) is 47.7 Å². The molecule has 0 saturated carbocycles. The Labute approximate surface area is 233 Å². The molecule has 0 fully saturated rings. The van der Waals surface area contributed by atoms with E-state index in [9.17, 15) is 14.0 Å². The number of rotatable bonds is 9. The molecular formula is C31H33FN6O2. The van der Waals surface area contributed by atoms with Crippen molar-refractivity contribution in [1.82, 2.24) is 19.9 Å². The lowest BCUT2D eigenvalue weighted by Crippen LogP contribution is -2.52. The summed E-state index contributed by atoms with van der Waals surface area (Å²) in [6.45, 7) is -0.172. The van der Waals surface area contributed by atoms with Crippen molar-refractivity contribution in [2.24, 2.45) is 5.92 Å². The summed E-state index contributed by atoms with van der Waals surface area (Å²) in [6, 6.07) is 20.5. The van der Waals surface area contributed by atoms with Crippen molar-refractivity contribution < 1.29 is 14.0 Å². The molecular weight excluding hydrogens is 507 g/mol. The van der Waals surface area contributed by atoms with Crippen molar-refractivity contribution in [2.75, 3.05) is 24.3 Å². The summed E-state index contributed by atoms with van der Waals surface area (Å²) in [5.74, 6) is -1.19. The summed E-state index contributed by atoms with van der Waals surface area (Å²) in [5, 5.41) is 11.4. The first-order chi connectivity index (χ1) is 19.4. The number of amides is 2. The van der Waals surface area contributed by atoms with Gasteiger partial charge in [0, 0.05) is 37.6 Å². The van der Waals surface area contributed by atoms with Crippen LogP contribution in [0.2, 0.25) is 0 Å². The number of fused-ring (bicyclic) bond motifs is 1. The molecule has 0 radical (unpaired) electrons. The maximum absolute atomic E-state index is 14.9. The second-order valence-corrected chi connectivity index (χ2v) is 10.3. The van der Waals surface area contributed by atoms with Crippen molar-refractivity contribution >= 4 is 34.2 Å². The molecule has 1 aromatic heterocycles. The number of hydrogen-bond acceptors (Lipinski definition) is 5. The minimum Gasteiger partial charge on any atom is -0.378 e. The lowest BCUT2D eigenvalue weighted by molar-refractivity contribution is -0.142. The van der Waals surface area contributed by atoms with E-state index in [-0.39, 0.29) is 30.8 Å². The first-order valence-electron chi connectivity index (χ1n) is 13.4. The Morgan fingerprint density at radius 1 is 1.02 bits per heavy atom. The molecule has 0 bridgehead atoms. The molecule has 1 aliphatic rings. The minimum absolute atomic E-state index is 0.0456. The van der Waals surface area contributed by atoms with Gasteiger partial charge < -0.3 is 15.1 Å². The van der Waals surface area contributed by atoms with Crippen LogP contribution < -0.4 is 10.2 Å². The Kier molecular flexibility index (Phi) is 8.19. The number of aromatic nitrogens is 3. The van der Waals surface area contributed by atoms with E-state index in [1.54, 1.807) is 18.2 Å². The second kappa shape index (κ2) is 12.1. The normalized spacial score (nSPS) is 15.5. The van der Waals surface area contributed by atoms with Crippen molar-refractivity contribution in [1.29, 1.82) is 0 Å². The monoisotopic (exact) mass is 540 g/mol. The lowest BCUT2D eigenvalue weighted by Gasteiger charge is -2.37. The Morgan fingerprint density at radius 2 is 1.77 bits per heavy atom. The number of nitrogens with one attached hydrogen (secondary N) is 1. The highest BCUT2D eigenvalue weighted by Gasteiger charge is 2.37. The first kappa shape index (κ1) is 27.1. The minimum atomic E-state index is -0.819. The number of benzene rings is 3. The SMILES string of the molecule is CN(C)c1ccc(NC(=O)C(C2CC=CCC2)N(Cc2ccccc2F)C(=O)Cn2nnc3ccccc32)cc1. The van der Waals surface area contributed by atoms with E-state index >= 15 is 0 Å². The molecule has 3 aromatic carbocycles. The molecule has 1 aliphatic carbocycles. The Balaban J connectivity index is 1.50. The number of carbonyl (C=O) groups is 2. The zero-order valence-corrected chi connectivity index (χ0v) is 22.7. The van der Waals surface area contributed by atoms with Gasteiger partial charge in [-0.05, 0) is 67.6 Å². The number of halogens is 1. The number of hydrogen-bond donors (Lipinski definition) is 1. The van der Waals surface area contributed by atoms with E-state index in [2.05, 4.69) is 27.8 Å². The average molecular weight is 541 g/mol. The van der Waals surface area contributed by atoms with Crippen molar-refractivity contribution in [3.8, 4) is 0 Å². The van der Waals surface area contributed by atoms with Gasteiger partial charge in [0.1, 0.15) is 23.9 Å². The van der Waals surface area contributed by atoms with Gasteiger partial charge >= 0.3 is 0 Å². The van der Waals surface area contributed by atoms with Crippen molar-refractivity contribution in [2.45, 2.75) is 38.4 Å². The van der Waals surface area contributed by atoms with Crippen LogP contribution in [0.1, 0.15) is 24.8 Å². The maximum atomic E-state index is 14.9. The van der Waals surface area contributed by atoms with Crippen LogP contribution in [0, 0.1) is 11.7 Å². The summed E-state index contributed by atoms with van der Waals surface area (Å²) in [5.41, 5.74) is 3.36. The fourth-order valence-electron chi connectivity index (χ4n) is 5.18. The van der Waals surface area contributed by atoms with Gasteiger partial charge in [0.15, 0.2) is 0 Å². The standard InChI is InChI=1S/C31H33FN6O2/c1-36(2)25-18-16-24(17-19-25)33-31(40)30(22-10-4-3-5-11-22)37(20-23-12-6-7-13-26(23)32)29(39)21-38-28-15-9-8-14-27(28)34-35-38/h3-4,6-9,12-19,22,30H,5,10-11,20-21H2,1-2H3,(H,33,40). The van der Waals surface area contributed by atoms with Crippen LogP contribution in [0.3, 0.4) is 0 Å². The molecule has 2 unspecified atom stereocenters. The molecule has 0 saturated heterocycles. The summed E-state index contributed by atoms with van der Waals surface area (Å²) in [7, 11) is 3.90. The maximum Gasteiger partial charge on any atom is 0.247 e. The number of nitrogens with zero attached hydrogens (tertiary/aromatic N) is 5. The van der Waals surface area contributed by atoms with Crippen LogP contribution in [0.4, 0.5) is 15.8 Å². The molecule has 2 amide bonds. The van der Waals surface area contributed by atoms with Gasteiger partial charge in [-0.2, -0.15) is 0 Å². The highest BCUT2D eigenvalue weighted by Crippen LogP contribution is 2.29. The molecule has 0 aliphatic heterocycles. The quantitative estimate of drug-likeness (QED) is 0.301. The van der Waals surface area contributed by atoms with Crippen LogP contribution in [-0.4, -0.2) is 51.8 Å². The van der Waals surface area contributed by atoms with Crippen LogP contribution in [0.5, 0.6) is 0 Å². The van der Waals surface area contributed by atoms with Crippen LogP contribution in [0.15, 0.2) is 84.9 Å². The van der Waals surface area contributed by atoms with Gasteiger partial charge in [0.05, 0.1) is 5.52 Å². The van der Waals surface area contributed by atoms with Crippen molar-refractivity contribution in [3.05, 3.63) is 96.3 Å². The van der Waals surface area contributed by atoms with E-state index in [0.717, 1.165) is 18.5 Å². The number of carbonyl (C=O) groups excluding carboxylic acids is 2. The topological polar surface area (TPSA) is 83.4 Å². The van der Waals surface area contributed by atoms with Gasteiger partial charge in [-0.15, -0.1) is 5.10 Å². The van der Waals surface area contributed by atoms with E-state index in [1.807, 2.05) is 67.5 Å². The molecule has 40 heavy (non-hydrogen) atoms. The molecule has 0 spiro atoms. The zero-order chi connectivity index (χ0) is 28.1. The van der Waals surface area contributed by atoms with Crippen LogP contribution >= 0.6 is 0 Å². The first-order valence-corrected chi connectivity index (χ1v) is 13.4. The van der Waals surface area contributed by atoms with Crippen molar-refractivity contribution in [3.63, 3.8) is 0 Å². The van der Waals surface area contributed by atoms with E-state index in [1.165, 1.54) is 15.6 Å². The van der Waals surface area contributed by atoms with Gasteiger partial charge in [-0.3, -0.25) is 9.59 Å². The van der Waals surface area contributed by atoms with E-state index < -0.39 is 11.9 Å². The Bertz CT molecular complexity index is 1510. The summed E-state index contributed by atoms with van der Waals surface area (Å²) in [6.07, 6.45) is 6.33. The molecule has 9 heteroatoms. The number of allylic oxidation sites excluding steroid dienone is 2. The largest absolute Gasteiger partial charge is 0.378 e. The van der Waals surface area contributed by atoms with Crippen LogP contribution in [0.25, 0.3) is 11.0 Å². The molecule has 2 atom stereocenters. The number of anilines is 2. The third-order valence-electron chi connectivity index (χ3n) is 7.34. The molecule has 1 heterocycles. The molecule has 1 N–H and O–H groups in total. The average Bonchev–Trinajstić information content (AvgIpc) is 3.37. The number of para-hydroxylation sites is 1. The molecule has 4 aromatic rings. The second-order valence-electron chi connectivity index (χ2n) is 10.3. The lowest BCUT2D eigenvalue weighted by atomic mass is 9.85. The fraction of sp³-hybridized carbons (Fsp3) is 0.290. The summed E-state index contributed by atoms with van der Waals surface area (Å²) < 4.78 is 16.4. The van der Waals surface area contributed by atoms with Gasteiger partial charge in [0.2, 0.25) is 11.8 Å². The Morgan fingerprint density at radius 3 is 2.50 bits per heavy atom. The van der Waals surface area contributed by atoms with Gasteiger partial charge in [0.25, 0.3) is 0 Å². The van der Waals surface area contributed by atoms with E-state index in [4.69, 9.17) is 0 Å². The fourth-order valence-corrected chi connectivity index (χ4v) is 5.18. The molecule has 8 nitrogen and oxygen atoms in total. The van der Waals surface area contributed by atoms with E-state index in [0.29, 0.717) is 28.7 Å². The third-order valence-corrected chi connectivity index (χ3v) is 7.34. The third kappa shape index (κ3) is 6.03. The highest BCUT2D eigenvalue weighted by atomic mass is 19.1.